The molecule has 1 saturated heterocycles. The second kappa shape index (κ2) is 6.29. The molecule has 0 radical (unpaired) electrons. The van der Waals surface area contributed by atoms with Crippen molar-refractivity contribution in [3.63, 3.8) is 0 Å². The van der Waals surface area contributed by atoms with Crippen LogP contribution in [0.25, 0.3) is 0 Å². The van der Waals surface area contributed by atoms with Gasteiger partial charge in [-0.3, -0.25) is 14.5 Å². The van der Waals surface area contributed by atoms with Gasteiger partial charge in [0.25, 0.3) is 5.91 Å². The Labute approximate surface area is 141 Å². The highest BCUT2D eigenvalue weighted by atomic mass is 32.2. The van der Waals surface area contributed by atoms with Crippen LogP contribution >= 0.6 is 0 Å². The molecule has 7 nitrogen and oxygen atoms in total. The first-order chi connectivity index (χ1) is 11.4. The summed E-state index contributed by atoms with van der Waals surface area (Å²) >= 11 is -1.44. The molecule has 8 heteroatoms. The number of β-lactam (4-membered cyclic amide) rings is 1. The minimum absolute atomic E-state index is 0.0845. The largest absolute Gasteiger partial charge is 0.614 e. The molecule has 2 aliphatic heterocycles. The van der Waals surface area contributed by atoms with Gasteiger partial charge in [0.1, 0.15) is 11.4 Å². The maximum absolute atomic E-state index is 12.3. The van der Waals surface area contributed by atoms with Gasteiger partial charge in [0.15, 0.2) is 6.04 Å². The van der Waals surface area contributed by atoms with Crippen LogP contribution < -0.4 is 5.32 Å². The fourth-order valence-electron chi connectivity index (χ4n) is 2.97. The molecule has 0 bridgehead atoms. The van der Waals surface area contributed by atoms with Crippen LogP contribution in [0.1, 0.15) is 12.5 Å². The van der Waals surface area contributed by atoms with Gasteiger partial charge in [-0.05, 0) is 23.7 Å². The Hall–Kier alpha value is -2.32. The number of aliphatic carboxylic acids is 1. The van der Waals surface area contributed by atoms with Gasteiger partial charge in [-0.2, -0.15) is 0 Å². The lowest BCUT2D eigenvalue weighted by molar-refractivity contribution is -0.151. The summed E-state index contributed by atoms with van der Waals surface area (Å²) in [7, 11) is 0. The number of hydrogen-bond acceptors (Lipinski definition) is 4. The molecular weight excluding hydrogens is 332 g/mol. The van der Waals surface area contributed by atoms with Gasteiger partial charge in [-0.1, -0.05) is 30.3 Å². The van der Waals surface area contributed by atoms with Gasteiger partial charge < -0.3 is 15.0 Å². The third-order valence-electron chi connectivity index (χ3n) is 4.04. The van der Waals surface area contributed by atoms with Crippen molar-refractivity contribution in [2.45, 2.75) is 24.8 Å². The molecular formula is C16H16N2O5S. The van der Waals surface area contributed by atoms with Crippen LogP contribution in [0.15, 0.2) is 41.6 Å². The molecule has 3 atom stereocenters. The summed E-state index contributed by atoms with van der Waals surface area (Å²) in [5.41, 5.74) is 1.07. The highest BCUT2D eigenvalue weighted by Gasteiger charge is 2.60. The van der Waals surface area contributed by atoms with Crippen molar-refractivity contribution in [1.82, 2.24) is 10.2 Å². The summed E-state index contributed by atoms with van der Waals surface area (Å²) in [6.45, 7) is 1.55. The molecule has 3 rings (SSSR count). The first kappa shape index (κ1) is 16.5. The number of rotatable bonds is 4. The summed E-state index contributed by atoms with van der Waals surface area (Å²) in [4.78, 5) is 36.8. The molecule has 2 heterocycles. The van der Waals surface area contributed by atoms with Crippen LogP contribution in [0.3, 0.4) is 0 Å². The molecule has 0 unspecified atom stereocenters. The summed E-state index contributed by atoms with van der Waals surface area (Å²) in [6, 6.07) is 8.10. The molecule has 2 amide bonds. The summed E-state index contributed by atoms with van der Waals surface area (Å²) in [5, 5.41) is 11.0. The van der Waals surface area contributed by atoms with E-state index in [1.165, 1.54) is 0 Å². The molecule has 126 valence electrons. The van der Waals surface area contributed by atoms with Crippen LogP contribution in [0.5, 0.6) is 0 Å². The zero-order valence-corrected chi connectivity index (χ0v) is 13.7. The van der Waals surface area contributed by atoms with Crippen molar-refractivity contribution >= 4 is 29.0 Å². The van der Waals surface area contributed by atoms with Gasteiger partial charge >= 0.3 is 5.97 Å². The van der Waals surface area contributed by atoms with Crippen molar-refractivity contribution in [2.75, 3.05) is 5.75 Å². The highest BCUT2D eigenvalue weighted by molar-refractivity contribution is 7.92. The smallest absolute Gasteiger partial charge is 0.352 e. The second-order valence-corrected chi connectivity index (χ2v) is 7.30. The van der Waals surface area contributed by atoms with E-state index in [0.717, 1.165) is 10.5 Å². The molecule has 0 saturated carbocycles. The van der Waals surface area contributed by atoms with Gasteiger partial charge in [0.05, 0.1) is 6.42 Å². The summed E-state index contributed by atoms with van der Waals surface area (Å²) in [6.07, 6.45) is 0.102. The minimum atomic E-state index is -1.44. The zero-order valence-electron chi connectivity index (χ0n) is 12.9. The number of hydrogen-bond donors (Lipinski definition) is 2. The average molecular weight is 348 g/mol. The molecule has 24 heavy (non-hydrogen) atoms. The predicted octanol–water partition coefficient (Wildman–Crippen LogP) is 0.00310. The lowest BCUT2D eigenvalue weighted by atomic mass is 10.0. The predicted molar refractivity (Wildman–Crippen MR) is 86.1 cm³/mol. The van der Waals surface area contributed by atoms with Gasteiger partial charge in [-0.25, -0.2) is 4.79 Å². The lowest BCUT2D eigenvalue weighted by Gasteiger charge is -2.48. The molecule has 0 aromatic heterocycles. The van der Waals surface area contributed by atoms with E-state index in [1.807, 2.05) is 18.2 Å². The van der Waals surface area contributed by atoms with E-state index in [-0.39, 0.29) is 23.8 Å². The maximum atomic E-state index is 12.3. The number of carboxylic acid groups (broad SMARTS) is 1. The number of carboxylic acids is 1. The zero-order chi connectivity index (χ0) is 17.4. The average Bonchev–Trinajstić information content (AvgIpc) is 2.53. The van der Waals surface area contributed by atoms with Crippen LogP contribution in [0.2, 0.25) is 0 Å². The van der Waals surface area contributed by atoms with Crippen LogP contribution in [-0.4, -0.2) is 49.5 Å². The highest BCUT2D eigenvalue weighted by Crippen LogP contribution is 2.36. The topological polar surface area (TPSA) is 110 Å². The number of fused-ring (bicyclic) bond motifs is 1. The van der Waals surface area contributed by atoms with E-state index in [2.05, 4.69) is 5.32 Å². The molecule has 0 spiro atoms. The lowest BCUT2D eigenvalue weighted by Crippen LogP contribution is -2.74. The van der Waals surface area contributed by atoms with Crippen molar-refractivity contribution in [3.8, 4) is 0 Å². The van der Waals surface area contributed by atoms with E-state index in [1.54, 1.807) is 19.1 Å². The van der Waals surface area contributed by atoms with E-state index < -0.39 is 34.5 Å². The number of benzene rings is 1. The van der Waals surface area contributed by atoms with Crippen molar-refractivity contribution < 1.29 is 24.0 Å². The first-order valence-electron chi connectivity index (χ1n) is 7.36. The second-order valence-electron chi connectivity index (χ2n) is 5.77. The maximum Gasteiger partial charge on any atom is 0.352 e. The van der Waals surface area contributed by atoms with Crippen LogP contribution in [0.4, 0.5) is 0 Å². The van der Waals surface area contributed by atoms with E-state index >= 15 is 0 Å². The summed E-state index contributed by atoms with van der Waals surface area (Å²) < 4.78 is 12.3. The Morgan fingerprint density at radius 1 is 1.38 bits per heavy atom. The van der Waals surface area contributed by atoms with Crippen molar-refractivity contribution in [2.24, 2.45) is 0 Å². The number of carbonyl (C=O) groups is 3. The molecule has 1 fully saturated rings. The van der Waals surface area contributed by atoms with Crippen molar-refractivity contribution in [1.29, 1.82) is 0 Å². The molecule has 1 aromatic rings. The molecule has 2 N–H and O–H groups in total. The Bertz CT molecular complexity index is 733. The number of amides is 2. The van der Waals surface area contributed by atoms with Crippen LogP contribution in [-0.2, 0) is 32.0 Å². The van der Waals surface area contributed by atoms with Gasteiger partial charge in [-0.15, -0.1) is 0 Å². The normalized spacial score (nSPS) is 25.8. The molecule has 2 aliphatic rings. The van der Waals surface area contributed by atoms with E-state index in [4.69, 9.17) is 0 Å². The van der Waals surface area contributed by atoms with E-state index in [9.17, 15) is 24.0 Å². The third-order valence-corrected chi connectivity index (χ3v) is 5.78. The standard InChI is InChI=1S/C16H16N2O5S/c1-9-8-24(23)15-12(14(20)18(15)13(9)16(21)22)17-11(19)7-10-5-3-2-4-6-10/h2-6,12,15H,7-8H2,1H3,(H,17,19)(H,21,22)/t12-,15-,24+/m1/s1. The summed E-state index contributed by atoms with van der Waals surface area (Å²) in [5.74, 6) is -2.04. The van der Waals surface area contributed by atoms with E-state index in [0.29, 0.717) is 5.57 Å². The Morgan fingerprint density at radius 2 is 2.04 bits per heavy atom. The Kier molecular flexibility index (Phi) is 4.33. The number of nitrogens with zero attached hydrogens (tertiary/aromatic N) is 1. The third kappa shape index (κ3) is 2.78. The Morgan fingerprint density at radius 3 is 2.67 bits per heavy atom. The van der Waals surface area contributed by atoms with Gasteiger partial charge in [0.2, 0.25) is 11.3 Å². The SMILES string of the molecule is CC1=C(C(=O)O)N2C(=O)[C@@H](NC(=O)Cc3ccccc3)[C@H]2[S@@+]([O-])C1. The fourth-order valence-corrected chi connectivity index (χ4v) is 4.63. The Balaban J connectivity index is 1.72. The number of carbonyl (C=O) groups excluding carboxylic acids is 2. The first-order valence-corrected chi connectivity index (χ1v) is 8.75. The number of nitrogens with one attached hydrogen (secondary N) is 1. The molecule has 1 aromatic carbocycles. The van der Waals surface area contributed by atoms with Gasteiger partial charge in [0, 0.05) is 5.57 Å². The van der Waals surface area contributed by atoms with Crippen molar-refractivity contribution in [3.05, 3.63) is 47.2 Å². The van der Waals surface area contributed by atoms with Crippen LogP contribution in [0, 0.1) is 0 Å². The molecule has 0 aliphatic carbocycles. The minimum Gasteiger partial charge on any atom is -0.614 e. The monoisotopic (exact) mass is 348 g/mol. The quantitative estimate of drug-likeness (QED) is 0.588. The fraction of sp³-hybridized carbons (Fsp3) is 0.312.